The normalized spacial score (nSPS) is 32.5. The van der Waals surface area contributed by atoms with E-state index in [-0.39, 0.29) is 10.7 Å². The van der Waals surface area contributed by atoms with E-state index in [1.165, 1.54) is 0 Å². The average molecular weight is 215 g/mol. The van der Waals surface area contributed by atoms with Gasteiger partial charge in [0, 0.05) is 12.8 Å². The van der Waals surface area contributed by atoms with E-state index < -0.39 is 5.60 Å². The van der Waals surface area contributed by atoms with Gasteiger partial charge in [0.25, 0.3) is 0 Å². The molecule has 0 aromatic heterocycles. The third-order valence-electron chi connectivity index (χ3n) is 2.80. The molecule has 0 aliphatic carbocycles. The van der Waals surface area contributed by atoms with Crippen molar-refractivity contribution in [2.24, 2.45) is 11.8 Å². The van der Waals surface area contributed by atoms with Gasteiger partial charge in [0.05, 0.1) is 0 Å². The Morgan fingerprint density at radius 1 is 1.33 bits per heavy atom. The number of quaternary nitrogens is 1. The fourth-order valence-corrected chi connectivity index (χ4v) is 1.69. The molecule has 0 atom stereocenters. The van der Waals surface area contributed by atoms with Crippen molar-refractivity contribution in [3.05, 3.63) is 0 Å². The predicted octanol–water partition coefficient (Wildman–Crippen LogP) is 2.04. The zero-order valence-corrected chi connectivity index (χ0v) is 10.2. The smallest absolute Gasteiger partial charge is 0.413 e. The Balaban J connectivity index is 2.58. The van der Waals surface area contributed by atoms with Crippen molar-refractivity contribution in [3.63, 3.8) is 0 Å². The van der Waals surface area contributed by atoms with E-state index in [1.54, 1.807) is 0 Å². The number of piperidine rings is 1. The van der Waals surface area contributed by atoms with Gasteiger partial charge in [0.1, 0.15) is 18.7 Å². The van der Waals surface area contributed by atoms with Crippen LogP contribution in [0.4, 0.5) is 4.79 Å². The number of nitrogens with two attached hydrogens (primary N) is 1. The highest BCUT2D eigenvalue weighted by Gasteiger charge is 2.40. The van der Waals surface area contributed by atoms with E-state index in [0.717, 1.165) is 12.8 Å². The minimum Gasteiger partial charge on any atom is -0.413 e. The van der Waals surface area contributed by atoms with Gasteiger partial charge in [-0.25, -0.2) is 0 Å². The second-order valence-electron chi connectivity index (χ2n) is 5.64. The summed E-state index contributed by atoms with van der Waals surface area (Å²) in [5.41, 5.74) is -0.454. The van der Waals surface area contributed by atoms with Gasteiger partial charge in [0.15, 0.2) is 0 Å². The molecule has 0 spiro atoms. The molecule has 1 aliphatic rings. The van der Waals surface area contributed by atoms with Crippen molar-refractivity contribution in [1.82, 2.24) is 0 Å². The molecule has 0 aromatic carbocycles. The number of carbonyl (C=O) groups excluding carboxylic acids is 1. The summed E-state index contributed by atoms with van der Waals surface area (Å²) in [6.07, 6.45) is 1.69. The largest absolute Gasteiger partial charge is 0.536 e. The summed E-state index contributed by atoms with van der Waals surface area (Å²) in [4.78, 5) is 11.9. The lowest BCUT2D eigenvalue weighted by Gasteiger charge is -2.36. The van der Waals surface area contributed by atoms with Crippen molar-refractivity contribution in [1.29, 1.82) is 0 Å². The Hall–Kier alpha value is -0.610. The Labute approximate surface area is 91.9 Å². The van der Waals surface area contributed by atoms with Crippen LogP contribution in [0.25, 0.3) is 0 Å². The lowest BCUT2D eigenvalue weighted by molar-refractivity contribution is -0.876. The van der Waals surface area contributed by atoms with Crippen LogP contribution in [0, 0.1) is 5.92 Å². The maximum Gasteiger partial charge on any atom is 0.536 e. The van der Waals surface area contributed by atoms with Crippen molar-refractivity contribution < 1.29 is 14.1 Å². The van der Waals surface area contributed by atoms with Gasteiger partial charge in [-0.15, -0.1) is 4.59 Å². The number of nitrogens with zero attached hydrogens (tertiary/aromatic N) is 1. The van der Waals surface area contributed by atoms with Crippen LogP contribution in [-0.2, 0) is 4.74 Å². The molecular formula is C11H23N2O2+. The van der Waals surface area contributed by atoms with Crippen LogP contribution in [0.3, 0.4) is 0 Å². The van der Waals surface area contributed by atoms with E-state index in [2.05, 4.69) is 6.92 Å². The minimum absolute atomic E-state index is 0.0540. The molecule has 2 N–H and O–H groups in total. The molecule has 4 heteroatoms. The van der Waals surface area contributed by atoms with Crippen molar-refractivity contribution in [3.8, 4) is 0 Å². The summed E-state index contributed by atoms with van der Waals surface area (Å²) >= 11 is 0. The lowest BCUT2D eigenvalue weighted by atomic mass is 9.99. The summed E-state index contributed by atoms with van der Waals surface area (Å²) in [5.74, 6) is 6.70. The monoisotopic (exact) mass is 215 g/mol. The van der Waals surface area contributed by atoms with Crippen LogP contribution >= 0.6 is 0 Å². The van der Waals surface area contributed by atoms with E-state index in [4.69, 9.17) is 10.6 Å². The SMILES string of the molecule is CC1CC[N+](N)(C(=O)OC(C)(C)C)CC1. The van der Waals surface area contributed by atoms with Crippen molar-refractivity contribution in [2.45, 2.75) is 46.1 Å². The predicted molar refractivity (Wildman–Crippen MR) is 58.8 cm³/mol. The molecule has 1 heterocycles. The number of rotatable bonds is 0. The van der Waals surface area contributed by atoms with E-state index in [1.807, 2.05) is 20.8 Å². The molecular weight excluding hydrogens is 192 g/mol. The zero-order valence-electron chi connectivity index (χ0n) is 10.2. The highest BCUT2D eigenvalue weighted by atomic mass is 16.6. The van der Waals surface area contributed by atoms with Crippen LogP contribution in [0.5, 0.6) is 0 Å². The number of hydrogen-bond donors (Lipinski definition) is 1. The molecule has 1 aliphatic heterocycles. The number of carbonyl (C=O) groups is 1. The van der Waals surface area contributed by atoms with Crippen LogP contribution in [0.1, 0.15) is 40.5 Å². The number of hydrogen-bond acceptors (Lipinski definition) is 3. The molecule has 0 aromatic rings. The van der Waals surface area contributed by atoms with Crippen LogP contribution in [0.15, 0.2) is 0 Å². The Bertz CT molecular complexity index is 237. The molecule has 0 radical (unpaired) electrons. The molecule has 15 heavy (non-hydrogen) atoms. The Kier molecular flexibility index (Phi) is 3.41. The van der Waals surface area contributed by atoms with Crippen LogP contribution < -0.4 is 5.84 Å². The first-order chi connectivity index (χ1) is 6.73. The summed E-state index contributed by atoms with van der Waals surface area (Å²) in [6, 6.07) is 0. The van der Waals surface area contributed by atoms with E-state index >= 15 is 0 Å². The number of ether oxygens (including phenoxy) is 1. The molecule has 0 bridgehead atoms. The number of amides is 1. The van der Waals surface area contributed by atoms with Gasteiger partial charge in [-0.05, 0) is 26.7 Å². The van der Waals surface area contributed by atoms with Gasteiger partial charge in [-0.2, -0.15) is 10.6 Å². The first kappa shape index (κ1) is 12.5. The molecule has 88 valence electrons. The lowest BCUT2D eigenvalue weighted by Crippen LogP contribution is -2.63. The standard InChI is InChI=1S/C11H23N2O2/c1-9-5-7-13(12,8-6-9)10(14)15-11(2,3)4/h9H,5-8,12H2,1-4H3/q+1. The second kappa shape index (κ2) is 4.10. The zero-order chi connectivity index (χ0) is 11.7. The molecule has 1 amide bonds. The fourth-order valence-electron chi connectivity index (χ4n) is 1.69. The minimum atomic E-state index is -0.454. The van der Waals surface area contributed by atoms with Crippen LogP contribution in [0.2, 0.25) is 0 Å². The molecule has 1 saturated heterocycles. The van der Waals surface area contributed by atoms with Gasteiger partial charge < -0.3 is 4.74 Å². The summed E-state index contributed by atoms with van der Waals surface area (Å²) < 4.78 is 5.27. The van der Waals surface area contributed by atoms with Gasteiger partial charge in [-0.3, -0.25) is 0 Å². The summed E-state index contributed by atoms with van der Waals surface area (Å²) in [7, 11) is 0. The maximum atomic E-state index is 11.9. The number of likely N-dealkylation sites (tertiary alicyclic amines) is 1. The van der Waals surface area contributed by atoms with E-state index in [0.29, 0.717) is 19.0 Å². The molecule has 0 unspecified atom stereocenters. The highest BCUT2D eigenvalue weighted by molar-refractivity contribution is 5.59. The van der Waals surface area contributed by atoms with Crippen molar-refractivity contribution >= 4 is 6.09 Å². The summed E-state index contributed by atoms with van der Waals surface area (Å²) in [5, 5.41) is 0. The van der Waals surface area contributed by atoms with Crippen molar-refractivity contribution in [2.75, 3.05) is 13.1 Å². The maximum absolute atomic E-state index is 11.9. The van der Waals surface area contributed by atoms with Crippen LogP contribution in [-0.4, -0.2) is 29.4 Å². The molecule has 0 saturated carbocycles. The Morgan fingerprint density at radius 3 is 2.20 bits per heavy atom. The topological polar surface area (TPSA) is 52.3 Å². The van der Waals surface area contributed by atoms with Gasteiger partial charge in [-0.1, -0.05) is 6.92 Å². The molecule has 1 rings (SSSR count). The average Bonchev–Trinajstić information content (AvgIpc) is 2.07. The molecule has 1 fully saturated rings. The fraction of sp³-hybridized carbons (Fsp3) is 0.909. The third kappa shape index (κ3) is 3.47. The van der Waals surface area contributed by atoms with E-state index in [9.17, 15) is 4.79 Å². The second-order valence-corrected chi connectivity index (χ2v) is 5.64. The first-order valence-electron chi connectivity index (χ1n) is 5.62. The summed E-state index contributed by atoms with van der Waals surface area (Å²) in [6.45, 7) is 9.17. The van der Waals surface area contributed by atoms with Gasteiger partial charge >= 0.3 is 6.09 Å². The van der Waals surface area contributed by atoms with Gasteiger partial charge in [0.2, 0.25) is 0 Å². The Morgan fingerprint density at radius 2 is 1.80 bits per heavy atom. The molecule has 4 nitrogen and oxygen atoms in total. The highest BCUT2D eigenvalue weighted by Crippen LogP contribution is 2.22. The third-order valence-corrected chi connectivity index (χ3v) is 2.80. The first-order valence-corrected chi connectivity index (χ1v) is 5.62. The quantitative estimate of drug-likeness (QED) is 0.382.